The number of nitrogens with one attached hydrogen (secondary N) is 3. The van der Waals surface area contributed by atoms with Gasteiger partial charge < -0.3 is 21.1 Å². The molecule has 1 aliphatic heterocycles. The maximum absolute atomic E-state index is 14.2. The van der Waals surface area contributed by atoms with Crippen LogP contribution in [0.2, 0.25) is 0 Å². The van der Waals surface area contributed by atoms with Crippen molar-refractivity contribution in [3.63, 3.8) is 0 Å². The van der Waals surface area contributed by atoms with E-state index in [1.807, 2.05) is 51.1 Å². The Kier molecular flexibility index (Phi) is 12.3. The summed E-state index contributed by atoms with van der Waals surface area (Å²) in [6, 6.07) is 8.22. The number of aryl methyl sites for hydroxylation is 1. The van der Waals surface area contributed by atoms with Crippen molar-refractivity contribution in [1.29, 1.82) is 0 Å². The second kappa shape index (κ2) is 15.7. The molecule has 1 aromatic carbocycles. The van der Waals surface area contributed by atoms with E-state index in [9.17, 15) is 27.9 Å². The smallest absolute Gasteiger partial charge is 0.253 e. The number of hydrogen-bond donors (Lipinski definition) is 4. The lowest BCUT2D eigenvalue weighted by Gasteiger charge is -2.47. The van der Waals surface area contributed by atoms with Gasteiger partial charge in [0.1, 0.15) is 6.04 Å². The van der Waals surface area contributed by atoms with E-state index >= 15 is 0 Å². The molecule has 4 N–H and O–H groups in total. The minimum Gasteiger partial charge on any atom is -0.390 e. The lowest BCUT2D eigenvalue weighted by Crippen LogP contribution is -2.64. The van der Waals surface area contributed by atoms with Gasteiger partial charge in [-0.15, -0.1) is 0 Å². The van der Waals surface area contributed by atoms with Gasteiger partial charge in [0, 0.05) is 37.3 Å². The van der Waals surface area contributed by atoms with E-state index in [1.165, 1.54) is 20.0 Å². The number of β-amino-alcohol motifs (C(OH)–C–C–N with tert-alkyl or cyclic N) is 1. The number of amides is 3. The minimum absolute atomic E-state index is 0.0734. The number of aliphatic hydroxyl groups excluding tert-OH is 1. The Hall–Kier alpha value is -3.35. The number of sulfone groups is 1. The zero-order valence-corrected chi connectivity index (χ0v) is 30.8. The molecule has 49 heavy (non-hydrogen) atoms. The van der Waals surface area contributed by atoms with E-state index in [2.05, 4.69) is 25.8 Å². The van der Waals surface area contributed by atoms with Gasteiger partial charge in [0.25, 0.3) is 5.91 Å². The first kappa shape index (κ1) is 38.5. The molecule has 11 nitrogen and oxygen atoms in total. The Morgan fingerprint density at radius 2 is 1.65 bits per heavy atom. The Balaban J connectivity index is 1.63. The number of hydrogen-bond acceptors (Lipinski definition) is 8. The van der Waals surface area contributed by atoms with Gasteiger partial charge in [-0.1, -0.05) is 49.6 Å². The fourth-order valence-electron chi connectivity index (χ4n) is 7.07. The number of carbonyl (C=O) groups excluding carboxylic acids is 3. The molecule has 2 aliphatic rings. The van der Waals surface area contributed by atoms with Gasteiger partial charge in [0.2, 0.25) is 11.8 Å². The number of pyridine rings is 1. The molecule has 2 heterocycles. The summed E-state index contributed by atoms with van der Waals surface area (Å²) >= 11 is 0. The summed E-state index contributed by atoms with van der Waals surface area (Å²) in [4.78, 5) is 47.3. The summed E-state index contributed by atoms with van der Waals surface area (Å²) in [6.07, 6.45) is 8.28. The van der Waals surface area contributed by atoms with Crippen molar-refractivity contribution in [2.75, 3.05) is 19.3 Å². The number of piperidine rings is 1. The van der Waals surface area contributed by atoms with Crippen molar-refractivity contribution < 1.29 is 27.9 Å². The minimum atomic E-state index is -3.87. The van der Waals surface area contributed by atoms with Gasteiger partial charge in [0.15, 0.2) is 9.84 Å². The molecule has 4 rings (SSSR count). The monoisotopic (exact) mass is 697 g/mol. The maximum atomic E-state index is 14.2. The highest BCUT2D eigenvalue weighted by Crippen LogP contribution is 2.39. The fraction of sp³-hybridized carbons (Fsp3) is 0.622. The Labute approximate surface area is 291 Å². The fourth-order valence-corrected chi connectivity index (χ4v) is 7.67. The third kappa shape index (κ3) is 10.1. The number of nitrogens with zero attached hydrogens (tertiary/aromatic N) is 2. The molecular weight excluding hydrogens is 643 g/mol. The van der Waals surface area contributed by atoms with Gasteiger partial charge in [-0.25, -0.2) is 8.42 Å². The van der Waals surface area contributed by atoms with Crippen LogP contribution in [0.1, 0.15) is 88.2 Å². The Bertz CT molecular complexity index is 1570. The average molecular weight is 698 g/mol. The van der Waals surface area contributed by atoms with Gasteiger partial charge >= 0.3 is 0 Å². The van der Waals surface area contributed by atoms with Crippen molar-refractivity contribution in [2.45, 2.75) is 115 Å². The van der Waals surface area contributed by atoms with Crippen LogP contribution in [0.15, 0.2) is 48.8 Å². The SMILES string of the molecule is Cc1cncc(C(=O)N[C@H](C(=O)N[C@@H](Cc2ccccc2)[C@H](O)CN2CC3CCCCC3C[C@H]2C(=O)NC(C)(C)C)C(C)(C)S(C)(=O)=O)c1. The predicted molar refractivity (Wildman–Crippen MR) is 191 cm³/mol. The van der Waals surface area contributed by atoms with Crippen molar-refractivity contribution in [3.8, 4) is 0 Å². The summed E-state index contributed by atoms with van der Waals surface area (Å²) in [5, 5.41) is 20.7. The first-order valence-corrected chi connectivity index (χ1v) is 19.3. The topological polar surface area (TPSA) is 158 Å². The number of aromatic nitrogens is 1. The summed E-state index contributed by atoms with van der Waals surface area (Å²) in [7, 11) is -3.87. The second-order valence-electron chi connectivity index (χ2n) is 15.7. The van der Waals surface area contributed by atoms with Crippen LogP contribution in [0.25, 0.3) is 0 Å². The van der Waals surface area contributed by atoms with Gasteiger partial charge in [-0.2, -0.15) is 0 Å². The average Bonchev–Trinajstić information content (AvgIpc) is 3.01. The largest absolute Gasteiger partial charge is 0.390 e. The summed E-state index contributed by atoms with van der Waals surface area (Å²) in [5.41, 5.74) is 1.35. The lowest BCUT2D eigenvalue weighted by atomic mass is 9.72. The standard InChI is InChI=1S/C37H55N5O6S/c1-24-17-28(21-38-20-24)33(44)40-32(37(5,6)49(7,47)48)35(46)39-29(18-25-13-9-8-10-14-25)31(43)23-42-22-27-16-12-11-15-26(27)19-30(42)34(45)41-36(2,3)4/h8-10,13-14,17,20-21,26-27,29-32,43H,11-12,15-16,18-19,22-23H2,1-7H3,(H,39,46)(H,40,44)(H,41,45)/t26?,27?,29-,30-,31+,32+/m0/s1. The number of rotatable bonds is 12. The van der Waals surface area contributed by atoms with Gasteiger partial charge in [-0.3, -0.25) is 24.3 Å². The molecule has 1 saturated carbocycles. The van der Waals surface area contributed by atoms with Crippen LogP contribution in [0.4, 0.5) is 0 Å². The van der Waals surface area contributed by atoms with Crippen LogP contribution in [0.5, 0.6) is 0 Å². The van der Waals surface area contributed by atoms with Crippen LogP contribution in [-0.2, 0) is 25.8 Å². The molecule has 2 unspecified atom stereocenters. The number of benzene rings is 1. The summed E-state index contributed by atoms with van der Waals surface area (Å²) in [5.74, 6) is -0.582. The molecular formula is C37H55N5O6S. The Morgan fingerprint density at radius 3 is 2.27 bits per heavy atom. The lowest BCUT2D eigenvalue weighted by molar-refractivity contribution is -0.133. The predicted octanol–water partition coefficient (Wildman–Crippen LogP) is 3.20. The van der Waals surface area contributed by atoms with E-state index in [4.69, 9.17) is 0 Å². The third-order valence-corrected chi connectivity index (χ3v) is 12.3. The van der Waals surface area contributed by atoms with Crippen LogP contribution >= 0.6 is 0 Å². The van der Waals surface area contributed by atoms with E-state index in [-0.39, 0.29) is 24.4 Å². The van der Waals surface area contributed by atoms with Gasteiger partial charge in [0.05, 0.1) is 28.5 Å². The van der Waals surface area contributed by atoms with Crippen LogP contribution in [-0.4, -0.2) is 95.0 Å². The number of fused-ring (bicyclic) bond motifs is 1. The highest BCUT2D eigenvalue weighted by Gasteiger charge is 2.46. The molecule has 1 saturated heterocycles. The quantitative estimate of drug-likeness (QED) is 0.264. The highest BCUT2D eigenvalue weighted by molar-refractivity contribution is 7.92. The van der Waals surface area contributed by atoms with Crippen molar-refractivity contribution in [1.82, 2.24) is 25.8 Å². The molecule has 0 bridgehead atoms. The molecule has 0 spiro atoms. The Morgan fingerprint density at radius 1 is 1.00 bits per heavy atom. The molecule has 0 radical (unpaired) electrons. The van der Waals surface area contributed by atoms with Crippen LogP contribution < -0.4 is 16.0 Å². The van der Waals surface area contributed by atoms with E-state index in [0.717, 1.165) is 43.1 Å². The van der Waals surface area contributed by atoms with Crippen LogP contribution in [0.3, 0.4) is 0 Å². The van der Waals surface area contributed by atoms with E-state index < -0.39 is 56.2 Å². The molecule has 6 atom stereocenters. The molecule has 1 aromatic heterocycles. The summed E-state index contributed by atoms with van der Waals surface area (Å²) < 4.78 is 24.3. The number of carbonyl (C=O) groups is 3. The van der Waals surface area contributed by atoms with Crippen molar-refractivity contribution >= 4 is 27.6 Å². The third-order valence-electron chi connectivity index (χ3n) is 10.1. The molecule has 270 valence electrons. The molecule has 1 aliphatic carbocycles. The van der Waals surface area contributed by atoms with Crippen molar-refractivity contribution in [3.05, 3.63) is 65.5 Å². The van der Waals surface area contributed by atoms with Crippen LogP contribution in [0, 0.1) is 18.8 Å². The van der Waals surface area contributed by atoms with Crippen molar-refractivity contribution in [2.24, 2.45) is 11.8 Å². The number of likely N-dealkylation sites (tertiary alicyclic amines) is 1. The zero-order valence-electron chi connectivity index (χ0n) is 30.0. The number of aliphatic hydroxyl groups is 1. The first-order valence-electron chi connectivity index (χ1n) is 17.4. The molecule has 2 aromatic rings. The normalized spacial score (nSPS) is 22.2. The van der Waals surface area contributed by atoms with Gasteiger partial charge in [-0.05, 0) is 89.8 Å². The maximum Gasteiger partial charge on any atom is 0.253 e. The molecule has 2 fully saturated rings. The van der Waals surface area contributed by atoms with E-state index in [1.54, 1.807) is 19.2 Å². The second-order valence-corrected chi connectivity index (χ2v) is 18.3. The molecule has 12 heteroatoms. The first-order chi connectivity index (χ1) is 22.9. The molecule has 3 amide bonds. The highest BCUT2D eigenvalue weighted by atomic mass is 32.2. The zero-order chi connectivity index (χ0) is 36.1. The van der Waals surface area contributed by atoms with E-state index in [0.29, 0.717) is 24.8 Å². The summed E-state index contributed by atoms with van der Waals surface area (Å²) in [6.45, 7) is 11.2.